The third kappa shape index (κ3) is 3.50. The number of aromatic nitrogens is 3. The minimum atomic E-state index is -0.226. The van der Waals surface area contributed by atoms with Crippen molar-refractivity contribution >= 4 is 0 Å². The van der Waals surface area contributed by atoms with Crippen LogP contribution in [0.25, 0.3) is 56.3 Å². The lowest BCUT2D eigenvalue weighted by Gasteiger charge is -2.23. The van der Waals surface area contributed by atoms with Gasteiger partial charge in [0.25, 0.3) is 0 Å². The van der Waals surface area contributed by atoms with Gasteiger partial charge in [0.05, 0.1) is 17.1 Å². The zero-order valence-electron chi connectivity index (χ0n) is 24.3. The lowest BCUT2D eigenvalue weighted by atomic mass is 9.81. The summed E-state index contributed by atoms with van der Waals surface area (Å²) in [6, 6.07) is 38.7. The first-order valence-corrected chi connectivity index (χ1v) is 14.6. The first-order chi connectivity index (χ1) is 20.3. The van der Waals surface area contributed by atoms with Crippen LogP contribution in [-0.2, 0) is 10.8 Å². The predicted molar refractivity (Wildman–Crippen MR) is 171 cm³/mol. The third-order valence-corrected chi connectivity index (χ3v) is 9.34. The Balaban J connectivity index is 1.25. The topological polar surface area (TPSA) is 38.7 Å². The number of hydrogen-bond donors (Lipinski definition) is 0. The van der Waals surface area contributed by atoms with Crippen molar-refractivity contribution in [2.75, 3.05) is 0 Å². The van der Waals surface area contributed by atoms with Crippen molar-refractivity contribution in [1.29, 1.82) is 0 Å². The highest BCUT2D eigenvalue weighted by Gasteiger charge is 2.40. The number of pyridine rings is 1. The van der Waals surface area contributed by atoms with Crippen LogP contribution in [0.3, 0.4) is 0 Å². The quantitative estimate of drug-likeness (QED) is 0.224. The molecule has 0 unspecified atom stereocenters. The highest BCUT2D eigenvalue weighted by molar-refractivity contribution is 5.86. The summed E-state index contributed by atoms with van der Waals surface area (Å²) in [5, 5.41) is 0. The van der Waals surface area contributed by atoms with E-state index in [1.54, 1.807) is 0 Å². The van der Waals surface area contributed by atoms with Gasteiger partial charge in [-0.3, -0.25) is 4.98 Å². The van der Waals surface area contributed by atoms with Gasteiger partial charge < -0.3 is 0 Å². The number of benzene rings is 4. The fourth-order valence-corrected chi connectivity index (χ4v) is 7.11. The molecular formula is C39H31N3. The standard InChI is InChI=1S/C39H31N3/c1-38(2)30-16-10-8-14-27(30)28-20-18-25(22-32(28)38)33-21-19-26(23-40-33)35-34-36(29-15-9-11-17-31(29)39(34,3)4)42-37(41-35)24-12-6-5-7-13-24/h5-23H,1-4H3. The van der Waals surface area contributed by atoms with Crippen LogP contribution in [0, 0.1) is 0 Å². The Labute approximate surface area is 247 Å². The molecule has 4 aromatic carbocycles. The number of nitrogens with zero attached hydrogens (tertiary/aromatic N) is 3. The monoisotopic (exact) mass is 541 g/mol. The fraction of sp³-hybridized carbons (Fsp3) is 0.154. The summed E-state index contributed by atoms with van der Waals surface area (Å²) in [6.45, 7) is 9.19. The maximum Gasteiger partial charge on any atom is 0.160 e. The highest BCUT2D eigenvalue weighted by atomic mass is 14.9. The highest BCUT2D eigenvalue weighted by Crippen LogP contribution is 2.52. The molecule has 202 valence electrons. The molecular weight excluding hydrogens is 510 g/mol. The lowest BCUT2D eigenvalue weighted by molar-refractivity contribution is 0.658. The lowest BCUT2D eigenvalue weighted by Crippen LogP contribution is -2.17. The van der Waals surface area contributed by atoms with Gasteiger partial charge >= 0.3 is 0 Å². The van der Waals surface area contributed by atoms with Crippen molar-refractivity contribution < 1.29 is 0 Å². The first-order valence-electron chi connectivity index (χ1n) is 14.6. The zero-order valence-corrected chi connectivity index (χ0v) is 24.3. The van der Waals surface area contributed by atoms with Crippen molar-refractivity contribution in [2.24, 2.45) is 0 Å². The van der Waals surface area contributed by atoms with Crippen LogP contribution in [0.5, 0.6) is 0 Å². The van der Waals surface area contributed by atoms with Crippen LogP contribution in [0.4, 0.5) is 0 Å². The van der Waals surface area contributed by atoms with Gasteiger partial charge in [-0.2, -0.15) is 0 Å². The number of hydrogen-bond acceptors (Lipinski definition) is 3. The Morgan fingerprint density at radius 2 is 1.10 bits per heavy atom. The molecule has 0 fully saturated rings. The van der Waals surface area contributed by atoms with Crippen molar-refractivity contribution in [1.82, 2.24) is 15.0 Å². The van der Waals surface area contributed by atoms with Crippen molar-refractivity contribution in [2.45, 2.75) is 38.5 Å². The average molecular weight is 542 g/mol. The summed E-state index contributed by atoms with van der Waals surface area (Å²) in [7, 11) is 0. The number of rotatable bonds is 3. The molecule has 0 atom stereocenters. The van der Waals surface area contributed by atoms with Crippen LogP contribution in [-0.4, -0.2) is 15.0 Å². The minimum absolute atomic E-state index is 0.0438. The Morgan fingerprint density at radius 1 is 0.476 bits per heavy atom. The second-order valence-corrected chi connectivity index (χ2v) is 12.5. The molecule has 42 heavy (non-hydrogen) atoms. The Morgan fingerprint density at radius 3 is 1.83 bits per heavy atom. The smallest absolute Gasteiger partial charge is 0.160 e. The van der Waals surface area contributed by atoms with Gasteiger partial charge in [-0.05, 0) is 46.0 Å². The van der Waals surface area contributed by atoms with Gasteiger partial charge in [0.15, 0.2) is 5.82 Å². The van der Waals surface area contributed by atoms with Crippen LogP contribution in [0.2, 0.25) is 0 Å². The largest absolute Gasteiger partial charge is 0.256 e. The van der Waals surface area contributed by atoms with Crippen molar-refractivity contribution in [3.8, 4) is 56.3 Å². The van der Waals surface area contributed by atoms with E-state index in [1.165, 1.54) is 33.4 Å². The SMILES string of the molecule is CC1(C)c2ccccc2-c2ccc(-c3ccc(-c4nc(-c5ccccc5)nc5c4C(C)(C)c4ccccc4-5)cn3)cc21. The molecule has 0 amide bonds. The van der Waals surface area contributed by atoms with E-state index >= 15 is 0 Å². The van der Waals surface area contributed by atoms with E-state index in [0.29, 0.717) is 0 Å². The summed E-state index contributed by atoms with van der Waals surface area (Å²) in [4.78, 5) is 15.4. The zero-order chi connectivity index (χ0) is 28.6. The predicted octanol–water partition coefficient (Wildman–Crippen LogP) is 9.49. The van der Waals surface area contributed by atoms with Crippen LogP contribution in [0.1, 0.15) is 49.9 Å². The maximum absolute atomic E-state index is 5.20. The first kappa shape index (κ1) is 24.9. The minimum Gasteiger partial charge on any atom is -0.256 e. The molecule has 0 saturated heterocycles. The Kier molecular flexibility index (Phi) is 5.21. The molecule has 0 aliphatic heterocycles. The molecule has 8 rings (SSSR count). The van der Waals surface area contributed by atoms with E-state index in [-0.39, 0.29) is 10.8 Å². The molecule has 2 aliphatic rings. The van der Waals surface area contributed by atoms with E-state index in [4.69, 9.17) is 15.0 Å². The van der Waals surface area contributed by atoms with E-state index < -0.39 is 0 Å². The van der Waals surface area contributed by atoms with Crippen LogP contribution < -0.4 is 0 Å². The van der Waals surface area contributed by atoms with Gasteiger partial charge in [-0.15, -0.1) is 0 Å². The van der Waals surface area contributed by atoms with Gasteiger partial charge in [-0.25, -0.2) is 9.97 Å². The van der Waals surface area contributed by atoms with Crippen molar-refractivity contribution in [3.63, 3.8) is 0 Å². The summed E-state index contributed by atoms with van der Waals surface area (Å²) < 4.78 is 0. The van der Waals surface area contributed by atoms with Gasteiger partial charge in [0, 0.05) is 44.8 Å². The fourth-order valence-electron chi connectivity index (χ4n) is 7.11. The van der Waals surface area contributed by atoms with Crippen LogP contribution in [0.15, 0.2) is 115 Å². The van der Waals surface area contributed by atoms with Crippen LogP contribution >= 0.6 is 0 Å². The summed E-state index contributed by atoms with van der Waals surface area (Å²) in [5.74, 6) is 0.737. The number of fused-ring (bicyclic) bond motifs is 6. The average Bonchev–Trinajstić information content (AvgIpc) is 3.41. The van der Waals surface area contributed by atoms with Gasteiger partial charge in [0.2, 0.25) is 0 Å². The van der Waals surface area contributed by atoms with Gasteiger partial charge in [-0.1, -0.05) is 119 Å². The van der Waals surface area contributed by atoms with E-state index in [9.17, 15) is 0 Å². The molecule has 0 saturated carbocycles. The normalized spacial score (nSPS) is 15.0. The molecule has 3 nitrogen and oxygen atoms in total. The molecule has 2 aromatic heterocycles. The van der Waals surface area contributed by atoms with E-state index in [2.05, 4.69) is 119 Å². The molecule has 0 spiro atoms. The summed E-state index contributed by atoms with van der Waals surface area (Å²) in [5.41, 5.74) is 14.8. The van der Waals surface area contributed by atoms with E-state index in [1.807, 2.05) is 24.4 Å². The summed E-state index contributed by atoms with van der Waals surface area (Å²) >= 11 is 0. The third-order valence-electron chi connectivity index (χ3n) is 9.34. The molecule has 2 aliphatic carbocycles. The molecule has 0 bridgehead atoms. The molecule has 3 heteroatoms. The Bertz CT molecular complexity index is 2020. The van der Waals surface area contributed by atoms with Gasteiger partial charge in [0.1, 0.15) is 0 Å². The summed E-state index contributed by atoms with van der Waals surface area (Å²) in [6.07, 6.45) is 1.99. The molecule has 2 heterocycles. The second kappa shape index (κ2) is 8.80. The molecule has 0 N–H and O–H groups in total. The molecule has 0 radical (unpaired) electrons. The van der Waals surface area contributed by atoms with Crippen molar-refractivity contribution in [3.05, 3.63) is 138 Å². The Hall–Kier alpha value is -4.89. The van der Waals surface area contributed by atoms with E-state index in [0.717, 1.165) is 45.2 Å². The maximum atomic E-state index is 5.20. The molecule has 6 aromatic rings. The second-order valence-electron chi connectivity index (χ2n) is 12.5.